The van der Waals surface area contributed by atoms with Crippen LogP contribution in [0, 0.1) is 10.1 Å². The van der Waals surface area contributed by atoms with Crippen LogP contribution in [0.25, 0.3) is 0 Å². The molecule has 0 aliphatic carbocycles. The summed E-state index contributed by atoms with van der Waals surface area (Å²) in [4.78, 5) is 23.6. The molecule has 0 radical (unpaired) electrons. The predicted molar refractivity (Wildman–Crippen MR) is 76.5 cm³/mol. The molecule has 3 N–H and O–H groups in total. The predicted octanol–water partition coefficient (Wildman–Crippen LogP) is 0.735. The minimum atomic E-state index is -0.668. The van der Waals surface area contributed by atoms with Crippen molar-refractivity contribution in [3.05, 3.63) is 39.4 Å². The van der Waals surface area contributed by atoms with Crippen molar-refractivity contribution < 1.29 is 9.72 Å². The van der Waals surface area contributed by atoms with E-state index in [4.69, 9.17) is 5.73 Å². The van der Waals surface area contributed by atoms with Crippen molar-refractivity contribution in [1.29, 1.82) is 0 Å². The number of carbonyl (C=O) groups is 1. The van der Waals surface area contributed by atoms with Gasteiger partial charge in [-0.1, -0.05) is 6.07 Å². The highest BCUT2D eigenvalue weighted by Gasteiger charge is 2.15. The molecule has 7 heteroatoms. The fourth-order valence-corrected chi connectivity index (χ4v) is 1.78. The second-order valence-electron chi connectivity index (χ2n) is 4.80. The summed E-state index contributed by atoms with van der Waals surface area (Å²) in [6.07, 6.45) is 0.958. The first kappa shape index (κ1) is 16.1. The maximum absolute atomic E-state index is 11.0. The van der Waals surface area contributed by atoms with E-state index < -0.39 is 10.8 Å². The first-order valence-electron chi connectivity index (χ1n) is 6.34. The summed E-state index contributed by atoms with van der Waals surface area (Å²) >= 11 is 0. The van der Waals surface area contributed by atoms with Gasteiger partial charge < -0.3 is 16.0 Å². The molecule has 0 spiro atoms. The summed E-state index contributed by atoms with van der Waals surface area (Å²) in [7, 11) is 3.99. The molecule has 0 bridgehead atoms. The van der Waals surface area contributed by atoms with Crippen LogP contribution in [0.2, 0.25) is 0 Å². The fraction of sp³-hybridized carbons (Fsp3) is 0.462. The van der Waals surface area contributed by atoms with E-state index in [9.17, 15) is 14.9 Å². The number of primary amides is 1. The van der Waals surface area contributed by atoms with Gasteiger partial charge in [0.2, 0.25) is 5.91 Å². The van der Waals surface area contributed by atoms with E-state index in [1.807, 2.05) is 14.1 Å². The number of carbonyl (C=O) groups excluding carboxylic acids is 1. The van der Waals surface area contributed by atoms with Gasteiger partial charge in [-0.05, 0) is 39.7 Å². The third-order valence-electron chi connectivity index (χ3n) is 2.84. The first-order valence-corrected chi connectivity index (χ1v) is 6.34. The first-order chi connectivity index (χ1) is 9.41. The maximum atomic E-state index is 11.0. The average Bonchev–Trinajstić information content (AvgIpc) is 2.37. The molecule has 0 aliphatic heterocycles. The number of benzene rings is 1. The van der Waals surface area contributed by atoms with E-state index in [2.05, 4.69) is 10.2 Å². The molecule has 110 valence electrons. The number of nitrogens with zero attached hydrogens (tertiary/aromatic N) is 2. The van der Waals surface area contributed by atoms with Crippen molar-refractivity contribution in [3.8, 4) is 0 Å². The highest BCUT2D eigenvalue weighted by Crippen LogP contribution is 2.20. The third kappa shape index (κ3) is 4.94. The molecule has 0 saturated carbocycles. The smallest absolute Gasteiger partial charge is 0.274 e. The molecule has 20 heavy (non-hydrogen) atoms. The van der Waals surface area contributed by atoms with Crippen LogP contribution in [0.4, 0.5) is 5.69 Å². The molecule has 1 amide bonds. The Labute approximate surface area is 117 Å². The lowest BCUT2D eigenvalue weighted by Gasteiger charge is -2.10. The quantitative estimate of drug-likeness (QED) is 0.415. The van der Waals surface area contributed by atoms with Gasteiger partial charge in [0.25, 0.3) is 5.69 Å². The summed E-state index contributed by atoms with van der Waals surface area (Å²) in [6, 6.07) is 4.29. The SMILES string of the molecule is CN(C)CCCNCc1ccc(C(N)=O)cc1[N+](=O)[O-]. The molecule has 0 unspecified atom stereocenters. The standard InChI is InChI=1S/C13H20N4O3/c1-16(2)7-3-6-15-9-11-5-4-10(13(14)18)8-12(11)17(19)20/h4-5,8,15H,3,6-7,9H2,1-2H3,(H2,14,18). The van der Waals surface area contributed by atoms with Crippen LogP contribution in [0.15, 0.2) is 18.2 Å². The number of nitro groups is 1. The van der Waals surface area contributed by atoms with Gasteiger partial charge in [-0.25, -0.2) is 0 Å². The number of nitrogens with one attached hydrogen (secondary N) is 1. The lowest BCUT2D eigenvalue weighted by atomic mass is 10.1. The van der Waals surface area contributed by atoms with Gasteiger partial charge >= 0.3 is 0 Å². The monoisotopic (exact) mass is 280 g/mol. The van der Waals surface area contributed by atoms with Crippen LogP contribution in [0.5, 0.6) is 0 Å². The number of hydrogen-bond acceptors (Lipinski definition) is 5. The van der Waals surface area contributed by atoms with Crippen LogP contribution in [0.1, 0.15) is 22.3 Å². The van der Waals surface area contributed by atoms with E-state index >= 15 is 0 Å². The van der Waals surface area contributed by atoms with E-state index in [1.165, 1.54) is 12.1 Å². The number of amides is 1. The van der Waals surface area contributed by atoms with Gasteiger partial charge in [-0.3, -0.25) is 14.9 Å². The van der Waals surface area contributed by atoms with Crippen molar-refractivity contribution >= 4 is 11.6 Å². The van der Waals surface area contributed by atoms with Crippen LogP contribution in [-0.4, -0.2) is 42.9 Å². The van der Waals surface area contributed by atoms with E-state index in [1.54, 1.807) is 6.07 Å². The van der Waals surface area contributed by atoms with E-state index in [-0.39, 0.29) is 11.3 Å². The fourth-order valence-electron chi connectivity index (χ4n) is 1.78. The molecular formula is C13H20N4O3. The average molecular weight is 280 g/mol. The molecule has 0 atom stereocenters. The molecule has 1 aromatic rings. The Balaban J connectivity index is 2.65. The Bertz CT molecular complexity index is 489. The summed E-state index contributed by atoms with van der Waals surface area (Å²) in [5.41, 5.74) is 5.73. The van der Waals surface area contributed by atoms with E-state index in [0.717, 1.165) is 19.5 Å². The molecule has 1 aromatic carbocycles. The Kier molecular flexibility index (Phi) is 6.08. The normalized spacial score (nSPS) is 10.8. The molecular weight excluding hydrogens is 260 g/mol. The molecule has 0 heterocycles. The zero-order valence-corrected chi connectivity index (χ0v) is 11.8. The van der Waals surface area contributed by atoms with Crippen LogP contribution in [-0.2, 0) is 6.54 Å². The van der Waals surface area contributed by atoms with Gasteiger partial charge in [0.05, 0.1) is 4.92 Å². The Morgan fingerprint density at radius 2 is 2.15 bits per heavy atom. The highest BCUT2D eigenvalue weighted by molar-refractivity contribution is 5.93. The number of rotatable bonds is 8. The van der Waals surface area contributed by atoms with Crippen molar-refractivity contribution in [3.63, 3.8) is 0 Å². The maximum Gasteiger partial charge on any atom is 0.274 e. The van der Waals surface area contributed by atoms with Gasteiger partial charge in [-0.2, -0.15) is 0 Å². The van der Waals surface area contributed by atoms with E-state index in [0.29, 0.717) is 12.1 Å². The topological polar surface area (TPSA) is 102 Å². The molecule has 0 fully saturated rings. The molecule has 0 saturated heterocycles. The third-order valence-corrected chi connectivity index (χ3v) is 2.84. The zero-order valence-electron chi connectivity index (χ0n) is 11.8. The zero-order chi connectivity index (χ0) is 15.1. The molecule has 0 aliphatic rings. The van der Waals surface area contributed by atoms with Crippen LogP contribution < -0.4 is 11.1 Å². The molecule has 0 aromatic heterocycles. The Morgan fingerprint density at radius 3 is 2.70 bits per heavy atom. The lowest BCUT2D eigenvalue weighted by Crippen LogP contribution is -2.21. The van der Waals surface area contributed by atoms with Gasteiger partial charge in [0, 0.05) is 23.7 Å². The molecule has 1 rings (SSSR count). The van der Waals surface area contributed by atoms with Crippen molar-refractivity contribution in [2.45, 2.75) is 13.0 Å². The minimum Gasteiger partial charge on any atom is -0.366 e. The summed E-state index contributed by atoms with van der Waals surface area (Å²) in [6.45, 7) is 2.12. The minimum absolute atomic E-state index is 0.0820. The Morgan fingerprint density at radius 1 is 1.45 bits per heavy atom. The lowest BCUT2D eigenvalue weighted by molar-refractivity contribution is -0.385. The van der Waals surface area contributed by atoms with Gasteiger partial charge in [-0.15, -0.1) is 0 Å². The molecule has 7 nitrogen and oxygen atoms in total. The van der Waals surface area contributed by atoms with Crippen molar-refractivity contribution in [1.82, 2.24) is 10.2 Å². The summed E-state index contributed by atoms with van der Waals surface area (Å²) < 4.78 is 0. The summed E-state index contributed by atoms with van der Waals surface area (Å²) in [5.74, 6) is -0.668. The summed E-state index contributed by atoms with van der Waals surface area (Å²) in [5, 5.41) is 14.1. The second-order valence-corrected chi connectivity index (χ2v) is 4.80. The van der Waals surface area contributed by atoms with Crippen LogP contribution >= 0.6 is 0 Å². The van der Waals surface area contributed by atoms with Crippen molar-refractivity contribution in [2.24, 2.45) is 5.73 Å². The van der Waals surface area contributed by atoms with Gasteiger partial charge in [0.15, 0.2) is 0 Å². The Hall–Kier alpha value is -1.99. The van der Waals surface area contributed by atoms with Gasteiger partial charge in [0.1, 0.15) is 0 Å². The van der Waals surface area contributed by atoms with Crippen LogP contribution in [0.3, 0.4) is 0 Å². The number of hydrogen-bond donors (Lipinski definition) is 2. The number of nitro benzene ring substituents is 1. The number of nitrogens with two attached hydrogens (primary N) is 1. The second kappa shape index (κ2) is 7.56. The van der Waals surface area contributed by atoms with Crippen molar-refractivity contribution in [2.75, 3.05) is 27.2 Å². The highest BCUT2D eigenvalue weighted by atomic mass is 16.6. The largest absolute Gasteiger partial charge is 0.366 e.